The summed E-state index contributed by atoms with van der Waals surface area (Å²) in [6, 6.07) is 7.80. The summed E-state index contributed by atoms with van der Waals surface area (Å²) in [4.78, 5) is 23.5. The second-order valence-corrected chi connectivity index (χ2v) is 4.63. The van der Waals surface area contributed by atoms with Gasteiger partial charge in [-0.05, 0) is 38.0 Å². The van der Waals surface area contributed by atoms with Gasteiger partial charge in [-0.15, -0.1) is 0 Å². The minimum absolute atomic E-state index is 0.0592. The number of aromatic nitrogens is 2. The van der Waals surface area contributed by atoms with Crippen LogP contribution in [0.25, 0.3) is 5.69 Å². The SMILES string of the molecule is CCOC(=O)c1nn(-c2ccc(CC)cc2)cc1C(C)=O. The first kappa shape index (κ1) is 15.0. The summed E-state index contributed by atoms with van der Waals surface area (Å²) < 4.78 is 6.47. The molecule has 5 nitrogen and oxygen atoms in total. The number of nitrogens with zero attached hydrogens (tertiary/aromatic N) is 2. The summed E-state index contributed by atoms with van der Waals surface area (Å²) in [6.45, 7) is 5.44. The molecular weight excluding hydrogens is 268 g/mol. The standard InChI is InChI=1S/C16H18N2O3/c1-4-12-6-8-13(9-7-12)18-10-14(11(3)19)15(17-18)16(20)21-5-2/h6-10H,4-5H2,1-3H3. The molecule has 0 fully saturated rings. The van der Waals surface area contributed by atoms with Gasteiger partial charge < -0.3 is 4.74 Å². The van der Waals surface area contributed by atoms with Crippen LogP contribution >= 0.6 is 0 Å². The average Bonchev–Trinajstić information content (AvgIpc) is 2.93. The molecule has 0 bridgehead atoms. The smallest absolute Gasteiger partial charge is 0.359 e. The molecule has 0 unspecified atom stereocenters. The lowest BCUT2D eigenvalue weighted by atomic mass is 10.1. The first-order valence-electron chi connectivity index (χ1n) is 6.93. The lowest BCUT2D eigenvalue weighted by Crippen LogP contribution is -2.10. The van der Waals surface area contributed by atoms with Crippen LogP contribution in [0.3, 0.4) is 0 Å². The van der Waals surface area contributed by atoms with Crippen molar-refractivity contribution in [2.75, 3.05) is 6.61 Å². The molecule has 0 radical (unpaired) electrons. The molecule has 1 aromatic carbocycles. The van der Waals surface area contributed by atoms with Gasteiger partial charge in [-0.1, -0.05) is 19.1 Å². The number of carbonyl (C=O) groups excluding carboxylic acids is 2. The van der Waals surface area contributed by atoms with Gasteiger partial charge in [0.25, 0.3) is 0 Å². The Hall–Kier alpha value is -2.43. The maximum absolute atomic E-state index is 11.9. The van der Waals surface area contributed by atoms with E-state index in [1.54, 1.807) is 13.1 Å². The van der Waals surface area contributed by atoms with Crippen molar-refractivity contribution >= 4 is 11.8 Å². The second-order valence-electron chi connectivity index (χ2n) is 4.63. The lowest BCUT2D eigenvalue weighted by Gasteiger charge is -2.02. The van der Waals surface area contributed by atoms with E-state index in [1.807, 2.05) is 24.3 Å². The highest BCUT2D eigenvalue weighted by atomic mass is 16.5. The van der Waals surface area contributed by atoms with E-state index in [4.69, 9.17) is 4.74 Å². The summed E-state index contributed by atoms with van der Waals surface area (Å²) in [5.74, 6) is -0.791. The molecule has 110 valence electrons. The molecule has 1 heterocycles. The van der Waals surface area contributed by atoms with Gasteiger partial charge in [0.2, 0.25) is 0 Å². The highest BCUT2D eigenvalue weighted by Gasteiger charge is 2.21. The highest BCUT2D eigenvalue weighted by molar-refractivity contribution is 6.04. The van der Waals surface area contributed by atoms with Crippen LogP contribution in [0.4, 0.5) is 0 Å². The van der Waals surface area contributed by atoms with E-state index < -0.39 is 5.97 Å². The molecular formula is C16H18N2O3. The highest BCUT2D eigenvalue weighted by Crippen LogP contribution is 2.15. The molecule has 0 N–H and O–H groups in total. The maximum Gasteiger partial charge on any atom is 0.359 e. The van der Waals surface area contributed by atoms with E-state index in [0.29, 0.717) is 0 Å². The topological polar surface area (TPSA) is 61.2 Å². The van der Waals surface area contributed by atoms with Crippen molar-refractivity contribution in [3.05, 3.63) is 47.3 Å². The molecule has 0 aliphatic rings. The van der Waals surface area contributed by atoms with Gasteiger partial charge in [-0.2, -0.15) is 5.10 Å². The van der Waals surface area contributed by atoms with Crippen molar-refractivity contribution in [1.82, 2.24) is 9.78 Å². The fraction of sp³-hybridized carbons (Fsp3) is 0.312. The Labute approximate surface area is 123 Å². The quantitative estimate of drug-likeness (QED) is 0.626. The minimum Gasteiger partial charge on any atom is -0.461 e. The Morgan fingerprint density at radius 1 is 1.19 bits per heavy atom. The summed E-state index contributed by atoms with van der Waals surface area (Å²) in [5, 5.41) is 4.20. The minimum atomic E-state index is -0.577. The molecule has 0 spiro atoms. The van der Waals surface area contributed by atoms with Crippen LogP contribution in [0.15, 0.2) is 30.5 Å². The zero-order valence-corrected chi connectivity index (χ0v) is 12.4. The van der Waals surface area contributed by atoms with E-state index in [9.17, 15) is 9.59 Å². The molecule has 1 aromatic heterocycles. The first-order valence-corrected chi connectivity index (χ1v) is 6.93. The molecule has 0 atom stereocenters. The van der Waals surface area contributed by atoms with Crippen LogP contribution in [0.2, 0.25) is 0 Å². The number of hydrogen-bond acceptors (Lipinski definition) is 4. The van der Waals surface area contributed by atoms with Crippen LogP contribution in [0, 0.1) is 0 Å². The number of Topliss-reactive ketones (excluding diaryl/α,β-unsaturated/α-hetero) is 1. The van der Waals surface area contributed by atoms with Gasteiger partial charge in [0.15, 0.2) is 11.5 Å². The summed E-state index contributed by atoms with van der Waals surface area (Å²) in [6.07, 6.45) is 2.52. The Kier molecular flexibility index (Phi) is 4.52. The Bertz CT molecular complexity index is 657. The zero-order valence-electron chi connectivity index (χ0n) is 12.4. The fourth-order valence-electron chi connectivity index (χ4n) is 2.00. The fourth-order valence-corrected chi connectivity index (χ4v) is 2.00. The van der Waals surface area contributed by atoms with E-state index in [2.05, 4.69) is 12.0 Å². The second kappa shape index (κ2) is 6.35. The third kappa shape index (κ3) is 3.18. The molecule has 0 amide bonds. The Balaban J connectivity index is 2.42. The third-order valence-electron chi connectivity index (χ3n) is 3.17. The number of benzene rings is 1. The van der Waals surface area contributed by atoms with E-state index >= 15 is 0 Å². The number of hydrogen-bond donors (Lipinski definition) is 0. The van der Waals surface area contributed by atoms with E-state index in [0.717, 1.165) is 12.1 Å². The van der Waals surface area contributed by atoms with Gasteiger partial charge >= 0.3 is 5.97 Å². The summed E-state index contributed by atoms with van der Waals surface area (Å²) >= 11 is 0. The van der Waals surface area contributed by atoms with Gasteiger partial charge in [0.1, 0.15) is 0 Å². The van der Waals surface area contributed by atoms with Crippen LogP contribution in [-0.2, 0) is 11.2 Å². The molecule has 21 heavy (non-hydrogen) atoms. The van der Waals surface area contributed by atoms with Gasteiger partial charge in [-0.25, -0.2) is 9.48 Å². The van der Waals surface area contributed by atoms with Gasteiger partial charge in [0.05, 0.1) is 17.9 Å². The number of ketones is 1. The largest absolute Gasteiger partial charge is 0.461 e. The van der Waals surface area contributed by atoms with Crippen molar-refractivity contribution in [1.29, 1.82) is 0 Å². The van der Waals surface area contributed by atoms with Gasteiger partial charge in [0, 0.05) is 6.20 Å². The van der Waals surface area contributed by atoms with Crippen molar-refractivity contribution in [2.24, 2.45) is 0 Å². The molecule has 0 aliphatic heterocycles. The van der Waals surface area contributed by atoms with Crippen molar-refractivity contribution in [3.63, 3.8) is 0 Å². The van der Waals surface area contributed by atoms with Crippen molar-refractivity contribution in [2.45, 2.75) is 27.2 Å². The zero-order chi connectivity index (χ0) is 15.4. The third-order valence-corrected chi connectivity index (χ3v) is 3.17. The molecule has 5 heteroatoms. The normalized spacial score (nSPS) is 10.4. The molecule has 0 saturated carbocycles. The van der Waals surface area contributed by atoms with Gasteiger partial charge in [-0.3, -0.25) is 4.79 Å². The van der Waals surface area contributed by atoms with Crippen molar-refractivity contribution < 1.29 is 14.3 Å². The Morgan fingerprint density at radius 2 is 1.86 bits per heavy atom. The number of carbonyl (C=O) groups is 2. The average molecular weight is 286 g/mol. The van der Waals surface area contributed by atoms with E-state index in [-0.39, 0.29) is 23.6 Å². The predicted octanol–water partition coefficient (Wildman–Crippen LogP) is 2.81. The number of esters is 1. The molecule has 0 aliphatic carbocycles. The first-order chi connectivity index (χ1) is 10.1. The van der Waals surface area contributed by atoms with Crippen LogP contribution in [0.5, 0.6) is 0 Å². The van der Waals surface area contributed by atoms with Crippen molar-refractivity contribution in [3.8, 4) is 5.69 Å². The number of rotatable bonds is 5. The Morgan fingerprint density at radius 3 is 2.38 bits per heavy atom. The van der Waals surface area contributed by atoms with E-state index in [1.165, 1.54) is 17.2 Å². The molecule has 0 saturated heterocycles. The molecule has 2 aromatic rings. The maximum atomic E-state index is 11.9. The predicted molar refractivity (Wildman–Crippen MR) is 78.9 cm³/mol. The van der Waals surface area contributed by atoms with Crippen LogP contribution in [-0.4, -0.2) is 28.1 Å². The number of aryl methyl sites for hydroxylation is 1. The summed E-state index contributed by atoms with van der Waals surface area (Å²) in [5.41, 5.74) is 2.34. The lowest BCUT2D eigenvalue weighted by molar-refractivity contribution is 0.0516. The van der Waals surface area contributed by atoms with Crippen LogP contribution in [0.1, 0.15) is 47.2 Å². The number of ether oxygens (including phenoxy) is 1. The monoisotopic (exact) mass is 286 g/mol. The van der Waals surface area contributed by atoms with Crippen LogP contribution < -0.4 is 0 Å². The molecule has 2 rings (SSSR count). The summed E-state index contributed by atoms with van der Waals surface area (Å²) in [7, 11) is 0.